The standard InChI is InChI=1S/C11H14F3NO/c1-7-3-4-9(8(2)15)5-10(7)16-6-11(12,13)14/h3-5,8H,6,15H2,1-2H3. The molecule has 0 radical (unpaired) electrons. The van der Waals surface area contributed by atoms with Crippen LogP contribution < -0.4 is 10.5 Å². The van der Waals surface area contributed by atoms with Gasteiger partial charge in [0.05, 0.1) is 0 Å². The first-order chi connectivity index (χ1) is 7.29. The van der Waals surface area contributed by atoms with Gasteiger partial charge < -0.3 is 10.5 Å². The Balaban J connectivity index is 2.82. The molecule has 1 aromatic carbocycles. The van der Waals surface area contributed by atoms with Gasteiger partial charge in [0.25, 0.3) is 0 Å². The molecule has 1 rings (SSSR count). The first-order valence-electron chi connectivity index (χ1n) is 4.85. The summed E-state index contributed by atoms with van der Waals surface area (Å²) in [7, 11) is 0. The summed E-state index contributed by atoms with van der Waals surface area (Å²) < 4.78 is 40.7. The van der Waals surface area contributed by atoms with Crippen LogP contribution in [-0.2, 0) is 0 Å². The zero-order chi connectivity index (χ0) is 12.3. The van der Waals surface area contributed by atoms with Crippen LogP contribution >= 0.6 is 0 Å². The maximum Gasteiger partial charge on any atom is 0.422 e. The third-order valence-corrected chi connectivity index (χ3v) is 2.13. The molecule has 0 aliphatic rings. The quantitative estimate of drug-likeness (QED) is 0.871. The lowest BCUT2D eigenvalue weighted by Crippen LogP contribution is -2.19. The van der Waals surface area contributed by atoms with E-state index in [1.165, 1.54) is 0 Å². The molecule has 0 heterocycles. The van der Waals surface area contributed by atoms with Gasteiger partial charge >= 0.3 is 6.18 Å². The van der Waals surface area contributed by atoms with E-state index >= 15 is 0 Å². The molecule has 0 aromatic heterocycles. The maximum atomic E-state index is 12.0. The van der Waals surface area contributed by atoms with Crippen molar-refractivity contribution < 1.29 is 17.9 Å². The Morgan fingerprint density at radius 1 is 1.38 bits per heavy atom. The lowest BCUT2D eigenvalue weighted by molar-refractivity contribution is -0.153. The van der Waals surface area contributed by atoms with Gasteiger partial charge in [0.1, 0.15) is 5.75 Å². The predicted octanol–water partition coefficient (Wildman–Crippen LogP) is 2.96. The van der Waals surface area contributed by atoms with Crippen LogP contribution in [0.2, 0.25) is 0 Å². The normalized spacial score (nSPS) is 13.6. The zero-order valence-corrected chi connectivity index (χ0v) is 9.14. The highest BCUT2D eigenvalue weighted by Gasteiger charge is 2.28. The molecule has 5 heteroatoms. The Labute approximate surface area is 92.2 Å². The van der Waals surface area contributed by atoms with Gasteiger partial charge in [-0.05, 0) is 31.0 Å². The molecule has 0 fully saturated rings. The van der Waals surface area contributed by atoms with Gasteiger partial charge in [-0.1, -0.05) is 12.1 Å². The lowest BCUT2D eigenvalue weighted by atomic mass is 10.1. The molecule has 0 saturated heterocycles. The predicted molar refractivity (Wildman–Crippen MR) is 55.3 cm³/mol. The van der Waals surface area contributed by atoms with E-state index in [0.717, 1.165) is 5.56 Å². The van der Waals surface area contributed by atoms with Crippen molar-refractivity contribution in [2.24, 2.45) is 5.73 Å². The van der Waals surface area contributed by atoms with Gasteiger partial charge in [-0.15, -0.1) is 0 Å². The molecule has 0 aliphatic carbocycles. The number of hydrogen-bond acceptors (Lipinski definition) is 2. The minimum atomic E-state index is -4.32. The number of rotatable bonds is 3. The number of ether oxygens (including phenoxy) is 1. The number of benzene rings is 1. The fourth-order valence-corrected chi connectivity index (χ4v) is 1.21. The van der Waals surface area contributed by atoms with Crippen molar-refractivity contribution in [2.45, 2.75) is 26.1 Å². The first-order valence-corrected chi connectivity index (χ1v) is 4.85. The van der Waals surface area contributed by atoms with Crippen molar-refractivity contribution in [1.29, 1.82) is 0 Å². The summed E-state index contributed by atoms with van der Waals surface area (Å²) >= 11 is 0. The van der Waals surface area contributed by atoms with Gasteiger partial charge in [-0.3, -0.25) is 0 Å². The van der Waals surface area contributed by atoms with Crippen molar-refractivity contribution in [1.82, 2.24) is 0 Å². The molecule has 0 aliphatic heterocycles. The van der Waals surface area contributed by atoms with Gasteiger partial charge in [0, 0.05) is 6.04 Å². The molecule has 2 N–H and O–H groups in total. The molecular formula is C11H14F3NO. The molecule has 2 nitrogen and oxygen atoms in total. The van der Waals surface area contributed by atoms with E-state index in [-0.39, 0.29) is 11.8 Å². The lowest BCUT2D eigenvalue weighted by Gasteiger charge is -2.13. The topological polar surface area (TPSA) is 35.2 Å². The fourth-order valence-electron chi connectivity index (χ4n) is 1.21. The molecule has 0 amide bonds. The Bertz CT molecular complexity index is 361. The van der Waals surface area contributed by atoms with Crippen LogP contribution in [0.5, 0.6) is 5.75 Å². The SMILES string of the molecule is Cc1ccc(C(C)N)cc1OCC(F)(F)F. The Morgan fingerprint density at radius 3 is 2.50 bits per heavy atom. The monoisotopic (exact) mass is 233 g/mol. The van der Waals surface area contributed by atoms with Crippen molar-refractivity contribution in [3.8, 4) is 5.75 Å². The molecule has 1 unspecified atom stereocenters. The summed E-state index contributed by atoms with van der Waals surface area (Å²) in [4.78, 5) is 0. The minimum absolute atomic E-state index is 0.228. The van der Waals surface area contributed by atoms with Crippen LogP contribution in [0.4, 0.5) is 13.2 Å². The van der Waals surface area contributed by atoms with E-state index in [9.17, 15) is 13.2 Å². The molecule has 90 valence electrons. The van der Waals surface area contributed by atoms with Gasteiger partial charge in [0.15, 0.2) is 6.61 Å². The third-order valence-electron chi connectivity index (χ3n) is 2.13. The van der Waals surface area contributed by atoms with Crippen LogP contribution in [0, 0.1) is 6.92 Å². The average Bonchev–Trinajstić information content (AvgIpc) is 2.14. The van der Waals surface area contributed by atoms with E-state index < -0.39 is 12.8 Å². The number of alkyl halides is 3. The average molecular weight is 233 g/mol. The summed E-state index contributed by atoms with van der Waals surface area (Å²) in [6.45, 7) is 2.17. The van der Waals surface area contributed by atoms with Gasteiger partial charge in [-0.2, -0.15) is 13.2 Å². The number of aryl methyl sites for hydroxylation is 1. The van der Waals surface area contributed by atoms with Crippen LogP contribution in [0.15, 0.2) is 18.2 Å². The highest BCUT2D eigenvalue weighted by Crippen LogP contribution is 2.24. The molecule has 0 saturated carbocycles. The second kappa shape index (κ2) is 4.74. The highest BCUT2D eigenvalue weighted by atomic mass is 19.4. The second-order valence-corrected chi connectivity index (χ2v) is 3.72. The smallest absolute Gasteiger partial charge is 0.422 e. The summed E-state index contributed by atoms with van der Waals surface area (Å²) in [5, 5.41) is 0. The van der Waals surface area contributed by atoms with E-state index in [0.29, 0.717) is 5.56 Å². The van der Waals surface area contributed by atoms with Crippen molar-refractivity contribution >= 4 is 0 Å². The van der Waals surface area contributed by atoms with E-state index in [2.05, 4.69) is 0 Å². The fraction of sp³-hybridized carbons (Fsp3) is 0.455. The molecule has 16 heavy (non-hydrogen) atoms. The third kappa shape index (κ3) is 3.73. The summed E-state index contributed by atoms with van der Waals surface area (Å²) in [6.07, 6.45) is -4.32. The Morgan fingerprint density at radius 2 is 2.00 bits per heavy atom. The van der Waals surface area contributed by atoms with Crippen molar-refractivity contribution in [3.05, 3.63) is 29.3 Å². The number of hydrogen-bond donors (Lipinski definition) is 1. The Hall–Kier alpha value is -1.23. The van der Waals surface area contributed by atoms with E-state index in [1.54, 1.807) is 32.0 Å². The second-order valence-electron chi connectivity index (χ2n) is 3.72. The Kier molecular flexibility index (Phi) is 3.80. The van der Waals surface area contributed by atoms with E-state index in [1.807, 2.05) is 0 Å². The number of nitrogens with two attached hydrogens (primary N) is 1. The highest BCUT2D eigenvalue weighted by molar-refractivity contribution is 5.37. The first kappa shape index (κ1) is 12.8. The van der Waals surface area contributed by atoms with Crippen LogP contribution in [0.3, 0.4) is 0 Å². The zero-order valence-electron chi connectivity index (χ0n) is 9.14. The van der Waals surface area contributed by atoms with E-state index in [4.69, 9.17) is 10.5 Å². The van der Waals surface area contributed by atoms with Crippen LogP contribution in [0.1, 0.15) is 24.1 Å². The molecule has 0 spiro atoms. The number of halogens is 3. The van der Waals surface area contributed by atoms with Crippen molar-refractivity contribution in [3.63, 3.8) is 0 Å². The summed E-state index contributed by atoms with van der Waals surface area (Å²) in [5.74, 6) is 0.229. The van der Waals surface area contributed by atoms with Crippen LogP contribution in [-0.4, -0.2) is 12.8 Å². The van der Waals surface area contributed by atoms with Gasteiger partial charge in [-0.25, -0.2) is 0 Å². The molecule has 0 bridgehead atoms. The summed E-state index contributed by atoms with van der Waals surface area (Å²) in [5.41, 5.74) is 7.05. The molecule has 1 aromatic rings. The minimum Gasteiger partial charge on any atom is -0.484 e. The van der Waals surface area contributed by atoms with Crippen LogP contribution in [0.25, 0.3) is 0 Å². The largest absolute Gasteiger partial charge is 0.484 e. The molecule has 1 atom stereocenters. The maximum absolute atomic E-state index is 12.0. The van der Waals surface area contributed by atoms with Crippen molar-refractivity contribution in [2.75, 3.05) is 6.61 Å². The van der Waals surface area contributed by atoms with Gasteiger partial charge in [0.2, 0.25) is 0 Å². The summed E-state index contributed by atoms with van der Waals surface area (Å²) in [6, 6.07) is 4.80. The molecular weight excluding hydrogens is 219 g/mol.